The lowest BCUT2D eigenvalue weighted by Crippen LogP contribution is -2.03. The molecule has 9 heteroatoms. The van der Waals surface area contributed by atoms with Gasteiger partial charge in [-0.05, 0) is 19.1 Å². The number of aromatic nitrogens is 3. The van der Waals surface area contributed by atoms with Crippen molar-refractivity contribution in [1.29, 1.82) is 0 Å². The molecule has 3 aromatic rings. The molecule has 1 unspecified atom stereocenters. The summed E-state index contributed by atoms with van der Waals surface area (Å²) in [4.78, 5) is 21.7. The van der Waals surface area contributed by atoms with Crippen LogP contribution in [0, 0.1) is 17.0 Å². The predicted molar refractivity (Wildman–Crippen MR) is 88.4 cm³/mol. The number of pyridine rings is 1. The molecule has 0 saturated carbocycles. The number of benzene rings is 1. The average molecular weight is 346 g/mol. The van der Waals surface area contributed by atoms with Gasteiger partial charge in [0.15, 0.2) is 5.16 Å². The highest BCUT2D eigenvalue weighted by Crippen LogP contribution is 2.23. The molecule has 2 heterocycles. The lowest BCUT2D eigenvalue weighted by molar-refractivity contribution is -0.384. The number of H-pyrrole nitrogens is 1. The first-order valence-corrected chi connectivity index (χ1v) is 8.32. The Morgan fingerprint density at radius 1 is 1.38 bits per heavy atom. The van der Waals surface area contributed by atoms with E-state index < -0.39 is 15.7 Å². The van der Waals surface area contributed by atoms with Crippen molar-refractivity contribution in [2.75, 3.05) is 7.11 Å². The van der Waals surface area contributed by atoms with Gasteiger partial charge in [0.05, 0.1) is 45.3 Å². The number of nitrogens with zero attached hydrogens (tertiary/aromatic N) is 3. The van der Waals surface area contributed by atoms with Gasteiger partial charge in [0.1, 0.15) is 5.75 Å². The number of hydrogen-bond donors (Lipinski definition) is 1. The van der Waals surface area contributed by atoms with Crippen molar-refractivity contribution >= 4 is 27.5 Å². The fraction of sp³-hybridized carbons (Fsp3) is 0.200. The highest BCUT2D eigenvalue weighted by Gasteiger charge is 2.16. The Kier molecular flexibility index (Phi) is 4.26. The molecule has 0 amide bonds. The van der Waals surface area contributed by atoms with E-state index in [4.69, 9.17) is 4.74 Å². The van der Waals surface area contributed by atoms with Crippen molar-refractivity contribution in [3.05, 3.63) is 51.8 Å². The first kappa shape index (κ1) is 16.1. The maximum atomic E-state index is 12.6. The van der Waals surface area contributed by atoms with Crippen molar-refractivity contribution < 1.29 is 13.9 Å². The van der Waals surface area contributed by atoms with Crippen LogP contribution >= 0.6 is 0 Å². The predicted octanol–water partition coefficient (Wildman–Crippen LogP) is 2.49. The maximum Gasteiger partial charge on any atom is 0.271 e. The highest BCUT2D eigenvalue weighted by atomic mass is 32.2. The van der Waals surface area contributed by atoms with E-state index in [9.17, 15) is 14.3 Å². The molecule has 0 spiro atoms. The minimum atomic E-state index is -1.46. The van der Waals surface area contributed by atoms with Crippen LogP contribution in [-0.2, 0) is 16.6 Å². The van der Waals surface area contributed by atoms with Gasteiger partial charge in [-0.15, -0.1) is 0 Å². The maximum absolute atomic E-state index is 12.6. The molecule has 24 heavy (non-hydrogen) atoms. The van der Waals surface area contributed by atoms with Gasteiger partial charge in [0.2, 0.25) is 0 Å². The first-order chi connectivity index (χ1) is 11.5. The summed E-state index contributed by atoms with van der Waals surface area (Å²) in [6, 6.07) is 6.00. The van der Waals surface area contributed by atoms with Crippen molar-refractivity contribution in [1.82, 2.24) is 15.0 Å². The van der Waals surface area contributed by atoms with Gasteiger partial charge in [-0.1, -0.05) is 0 Å². The minimum Gasteiger partial charge on any atom is -0.496 e. The molecule has 0 aliphatic rings. The Morgan fingerprint density at radius 2 is 2.17 bits per heavy atom. The Morgan fingerprint density at radius 3 is 2.88 bits per heavy atom. The molecular weight excluding hydrogens is 332 g/mol. The number of nitro groups is 1. The molecule has 0 fully saturated rings. The lowest BCUT2D eigenvalue weighted by atomic mass is 10.2. The van der Waals surface area contributed by atoms with E-state index in [0.29, 0.717) is 22.5 Å². The van der Waals surface area contributed by atoms with Gasteiger partial charge in [-0.3, -0.25) is 19.3 Å². The summed E-state index contributed by atoms with van der Waals surface area (Å²) in [5.41, 5.74) is 2.43. The third-order valence-electron chi connectivity index (χ3n) is 3.62. The summed E-state index contributed by atoms with van der Waals surface area (Å²) in [6.45, 7) is 1.85. The van der Waals surface area contributed by atoms with E-state index in [0.717, 1.165) is 5.56 Å². The molecule has 0 bridgehead atoms. The summed E-state index contributed by atoms with van der Waals surface area (Å²) >= 11 is 0. The average Bonchev–Trinajstić information content (AvgIpc) is 3.00. The number of imidazole rings is 1. The van der Waals surface area contributed by atoms with Crippen molar-refractivity contribution in [2.45, 2.75) is 17.8 Å². The van der Waals surface area contributed by atoms with Gasteiger partial charge >= 0.3 is 0 Å². The van der Waals surface area contributed by atoms with Crippen LogP contribution < -0.4 is 4.74 Å². The Bertz CT molecular complexity index is 954. The zero-order valence-corrected chi connectivity index (χ0v) is 13.8. The number of nitro benzene ring substituents is 1. The fourth-order valence-electron chi connectivity index (χ4n) is 2.31. The monoisotopic (exact) mass is 346 g/mol. The summed E-state index contributed by atoms with van der Waals surface area (Å²) in [5, 5.41) is 11.1. The SMILES string of the molecule is COc1ccnc(CS(=O)c2nc3ccc([N+](=O)[O-])cc3[nH]2)c1C. The molecule has 124 valence electrons. The summed E-state index contributed by atoms with van der Waals surface area (Å²) < 4.78 is 17.8. The molecule has 0 radical (unpaired) electrons. The first-order valence-electron chi connectivity index (χ1n) is 7.00. The summed E-state index contributed by atoms with van der Waals surface area (Å²) in [6.07, 6.45) is 1.60. The molecule has 0 aliphatic heterocycles. The molecule has 1 atom stereocenters. The normalized spacial score (nSPS) is 12.2. The summed E-state index contributed by atoms with van der Waals surface area (Å²) in [5.74, 6) is 0.850. The van der Waals surface area contributed by atoms with Crippen LogP contribution in [0.25, 0.3) is 11.0 Å². The van der Waals surface area contributed by atoms with Gasteiger partial charge in [0.25, 0.3) is 5.69 Å². The van der Waals surface area contributed by atoms with Crippen LogP contribution in [0.3, 0.4) is 0 Å². The topological polar surface area (TPSA) is 111 Å². The van der Waals surface area contributed by atoms with Crippen molar-refractivity contribution in [3.63, 3.8) is 0 Å². The number of non-ortho nitro benzene ring substituents is 1. The number of aromatic amines is 1. The number of methoxy groups -OCH3 is 1. The number of nitrogens with one attached hydrogen (secondary N) is 1. The minimum absolute atomic E-state index is 0.0474. The standard InChI is InChI=1S/C15H14N4O4S/c1-9-13(16-6-5-14(9)23-2)8-24(22)15-17-11-4-3-10(19(20)21)7-12(11)18-15/h3-7H,8H2,1-2H3,(H,17,18). The van der Waals surface area contributed by atoms with Crippen LogP contribution in [0.4, 0.5) is 5.69 Å². The lowest BCUT2D eigenvalue weighted by Gasteiger charge is -2.08. The third-order valence-corrected chi connectivity index (χ3v) is 4.78. The largest absolute Gasteiger partial charge is 0.496 e. The molecular formula is C15H14N4O4S. The van der Waals surface area contributed by atoms with Crippen LogP contribution in [0.5, 0.6) is 5.75 Å². The molecule has 3 rings (SSSR count). The van der Waals surface area contributed by atoms with Gasteiger partial charge < -0.3 is 9.72 Å². The molecule has 0 saturated heterocycles. The van der Waals surface area contributed by atoms with E-state index >= 15 is 0 Å². The van der Waals surface area contributed by atoms with Gasteiger partial charge in [-0.25, -0.2) is 4.98 Å². The zero-order chi connectivity index (χ0) is 17.3. The van der Waals surface area contributed by atoms with Crippen LogP contribution in [0.15, 0.2) is 35.6 Å². The van der Waals surface area contributed by atoms with Crippen LogP contribution in [-0.4, -0.2) is 31.2 Å². The van der Waals surface area contributed by atoms with Crippen molar-refractivity contribution in [3.8, 4) is 5.75 Å². The van der Waals surface area contributed by atoms with E-state index in [1.54, 1.807) is 19.4 Å². The second kappa shape index (κ2) is 6.36. The van der Waals surface area contributed by atoms with Crippen molar-refractivity contribution in [2.24, 2.45) is 0 Å². The smallest absolute Gasteiger partial charge is 0.271 e. The molecule has 0 aliphatic carbocycles. The van der Waals surface area contributed by atoms with Crippen LogP contribution in [0.2, 0.25) is 0 Å². The number of rotatable bonds is 5. The number of hydrogen-bond acceptors (Lipinski definition) is 6. The second-order valence-corrected chi connectivity index (χ2v) is 6.44. The molecule has 8 nitrogen and oxygen atoms in total. The quantitative estimate of drug-likeness (QED) is 0.561. The Labute approximate surface area is 139 Å². The van der Waals surface area contributed by atoms with E-state index in [1.807, 2.05) is 6.92 Å². The Balaban J connectivity index is 1.90. The fourth-order valence-corrected chi connectivity index (χ4v) is 3.41. The van der Waals surface area contributed by atoms with E-state index in [1.165, 1.54) is 18.2 Å². The van der Waals surface area contributed by atoms with Crippen LogP contribution in [0.1, 0.15) is 11.3 Å². The molecule has 1 N–H and O–H groups in total. The van der Waals surface area contributed by atoms with E-state index in [2.05, 4.69) is 15.0 Å². The third kappa shape index (κ3) is 2.98. The van der Waals surface area contributed by atoms with Gasteiger partial charge in [0, 0.05) is 23.9 Å². The Hall–Kier alpha value is -2.81. The van der Waals surface area contributed by atoms with E-state index in [-0.39, 0.29) is 16.6 Å². The van der Waals surface area contributed by atoms with Gasteiger partial charge in [-0.2, -0.15) is 0 Å². The highest BCUT2D eigenvalue weighted by molar-refractivity contribution is 7.84. The summed E-state index contributed by atoms with van der Waals surface area (Å²) in [7, 11) is 0.105. The molecule has 1 aromatic carbocycles. The number of fused-ring (bicyclic) bond motifs is 1. The second-order valence-electron chi connectivity index (χ2n) is 5.08. The zero-order valence-electron chi connectivity index (χ0n) is 13.0. The molecule has 2 aromatic heterocycles. The number of ether oxygens (including phenoxy) is 1.